The minimum absolute atomic E-state index is 0.184. The van der Waals surface area contributed by atoms with Crippen molar-refractivity contribution in [2.75, 3.05) is 23.4 Å². The summed E-state index contributed by atoms with van der Waals surface area (Å²) in [5, 5.41) is 3.24. The van der Waals surface area contributed by atoms with E-state index >= 15 is 0 Å². The minimum Gasteiger partial charge on any atom is -0.384 e. The van der Waals surface area contributed by atoms with E-state index in [1.165, 1.54) is 24.3 Å². The molecule has 0 aliphatic rings. The molecule has 14 heavy (non-hydrogen) atoms. The summed E-state index contributed by atoms with van der Waals surface area (Å²) < 4.78 is 12.5. The average Bonchev–Trinajstić information content (AvgIpc) is 2.21. The molecular weight excluding hydrogens is 197 g/mol. The number of thioether (sulfide) groups is 1. The molecule has 0 heterocycles. The second-order valence-corrected chi connectivity index (χ2v) is 4.27. The molecule has 0 aliphatic heterocycles. The van der Waals surface area contributed by atoms with Crippen molar-refractivity contribution in [3.63, 3.8) is 0 Å². The molecule has 0 amide bonds. The standard InChI is InChI=1S/C11H16FNS/c1-2-8-14-9-7-13-11-5-3-10(12)4-6-11/h3-6,13H,2,7-9H2,1H3. The Morgan fingerprint density at radius 2 is 1.93 bits per heavy atom. The van der Waals surface area contributed by atoms with E-state index in [-0.39, 0.29) is 5.82 Å². The van der Waals surface area contributed by atoms with Gasteiger partial charge in [0.05, 0.1) is 0 Å². The van der Waals surface area contributed by atoms with Gasteiger partial charge in [-0.3, -0.25) is 0 Å². The zero-order chi connectivity index (χ0) is 10.2. The number of halogens is 1. The minimum atomic E-state index is -0.184. The van der Waals surface area contributed by atoms with Crippen LogP contribution >= 0.6 is 11.8 Å². The van der Waals surface area contributed by atoms with Gasteiger partial charge in [0.1, 0.15) is 5.82 Å². The Labute approximate surface area is 89.1 Å². The molecule has 3 heteroatoms. The number of hydrogen-bond acceptors (Lipinski definition) is 2. The normalized spacial score (nSPS) is 10.1. The zero-order valence-electron chi connectivity index (χ0n) is 8.42. The first-order valence-electron chi connectivity index (χ1n) is 4.90. The number of rotatable bonds is 6. The van der Waals surface area contributed by atoms with E-state index in [0.29, 0.717) is 0 Å². The van der Waals surface area contributed by atoms with Crippen LogP contribution in [-0.4, -0.2) is 18.1 Å². The predicted molar refractivity (Wildman–Crippen MR) is 62.5 cm³/mol. The molecule has 1 aromatic rings. The number of nitrogens with one attached hydrogen (secondary N) is 1. The monoisotopic (exact) mass is 213 g/mol. The molecule has 0 saturated carbocycles. The molecule has 0 unspecified atom stereocenters. The SMILES string of the molecule is CCCSCCNc1ccc(F)cc1. The van der Waals surface area contributed by atoms with E-state index in [4.69, 9.17) is 0 Å². The van der Waals surface area contributed by atoms with Gasteiger partial charge in [0.15, 0.2) is 0 Å². The molecule has 1 aromatic carbocycles. The van der Waals surface area contributed by atoms with Crippen LogP contribution in [0.1, 0.15) is 13.3 Å². The van der Waals surface area contributed by atoms with Gasteiger partial charge in [-0.15, -0.1) is 0 Å². The first-order chi connectivity index (χ1) is 6.83. The Kier molecular flexibility index (Phi) is 5.45. The van der Waals surface area contributed by atoms with Crippen LogP contribution in [0.3, 0.4) is 0 Å². The summed E-state index contributed by atoms with van der Waals surface area (Å²) in [5.74, 6) is 2.13. The lowest BCUT2D eigenvalue weighted by Gasteiger charge is -2.05. The zero-order valence-corrected chi connectivity index (χ0v) is 9.24. The van der Waals surface area contributed by atoms with Crippen LogP contribution in [0, 0.1) is 5.82 Å². The van der Waals surface area contributed by atoms with Crippen molar-refractivity contribution in [1.29, 1.82) is 0 Å². The maximum absolute atomic E-state index is 12.5. The van der Waals surface area contributed by atoms with Gasteiger partial charge in [0.25, 0.3) is 0 Å². The number of hydrogen-bond donors (Lipinski definition) is 1. The molecule has 1 N–H and O–H groups in total. The van der Waals surface area contributed by atoms with Crippen molar-refractivity contribution < 1.29 is 4.39 Å². The van der Waals surface area contributed by atoms with Crippen molar-refractivity contribution in [1.82, 2.24) is 0 Å². The quantitative estimate of drug-likeness (QED) is 0.727. The fraction of sp³-hybridized carbons (Fsp3) is 0.455. The van der Waals surface area contributed by atoms with Gasteiger partial charge in [-0.1, -0.05) is 6.92 Å². The van der Waals surface area contributed by atoms with Gasteiger partial charge >= 0.3 is 0 Å². The fourth-order valence-electron chi connectivity index (χ4n) is 1.08. The lowest BCUT2D eigenvalue weighted by Crippen LogP contribution is -2.04. The molecule has 0 spiro atoms. The van der Waals surface area contributed by atoms with Gasteiger partial charge in [-0.05, 0) is 36.4 Å². The first-order valence-corrected chi connectivity index (χ1v) is 6.05. The van der Waals surface area contributed by atoms with Crippen molar-refractivity contribution in [3.05, 3.63) is 30.1 Å². The van der Waals surface area contributed by atoms with E-state index in [9.17, 15) is 4.39 Å². The fourth-order valence-corrected chi connectivity index (χ4v) is 1.82. The largest absolute Gasteiger partial charge is 0.384 e. The summed E-state index contributed by atoms with van der Waals surface area (Å²) in [7, 11) is 0. The van der Waals surface area contributed by atoms with Crippen molar-refractivity contribution >= 4 is 17.4 Å². The molecule has 1 rings (SSSR count). The Morgan fingerprint density at radius 1 is 1.21 bits per heavy atom. The summed E-state index contributed by atoms with van der Waals surface area (Å²) in [6.07, 6.45) is 1.22. The van der Waals surface area contributed by atoms with Crippen molar-refractivity contribution in [3.8, 4) is 0 Å². The highest BCUT2D eigenvalue weighted by Crippen LogP contribution is 2.08. The third kappa shape index (κ3) is 4.51. The molecule has 0 saturated heterocycles. The van der Waals surface area contributed by atoms with Gasteiger partial charge < -0.3 is 5.32 Å². The Morgan fingerprint density at radius 3 is 2.57 bits per heavy atom. The van der Waals surface area contributed by atoms with Crippen LogP contribution in [0.4, 0.5) is 10.1 Å². The van der Waals surface area contributed by atoms with Crippen molar-refractivity contribution in [2.24, 2.45) is 0 Å². The molecule has 0 atom stereocenters. The van der Waals surface area contributed by atoms with Crippen LogP contribution in [0.15, 0.2) is 24.3 Å². The van der Waals surface area contributed by atoms with E-state index in [2.05, 4.69) is 12.2 Å². The Bertz CT molecular complexity index is 248. The topological polar surface area (TPSA) is 12.0 Å². The second-order valence-electron chi connectivity index (χ2n) is 3.05. The highest BCUT2D eigenvalue weighted by atomic mass is 32.2. The summed E-state index contributed by atoms with van der Waals surface area (Å²) in [5.41, 5.74) is 0.989. The Balaban J connectivity index is 2.15. The molecule has 0 bridgehead atoms. The van der Waals surface area contributed by atoms with Gasteiger partial charge in [-0.2, -0.15) is 11.8 Å². The maximum Gasteiger partial charge on any atom is 0.123 e. The molecule has 0 radical (unpaired) electrons. The smallest absolute Gasteiger partial charge is 0.123 e. The van der Waals surface area contributed by atoms with E-state index in [1.807, 2.05) is 11.8 Å². The molecule has 0 aliphatic carbocycles. The Hall–Kier alpha value is -0.700. The molecular formula is C11H16FNS. The van der Waals surface area contributed by atoms with Crippen LogP contribution in [0.2, 0.25) is 0 Å². The number of anilines is 1. The summed E-state index contributed by atoms with van der Waals surface area (Å²) >= 11 is 1.94. The van der Waals surface area contributed by atoms with E-state index < -0.39 is 0 Å². The first kappa shape index (κ1) is 11.4. The predicted octanol–water partition coefficient (Wildman–Crippen LogP) is 3.38. The number of benzene rings is 1. The van der Waals surface area contributed by atoms with Crippen LogP contribution in [0.25, 0.3) is 0 Å². The lowest BCUT2D eigenvalue weighted by molar-refractivity contribution is 0.628. The van der Waals surface area contributed by atoms with Crippen LogP contribution < -0.4 is 5.32 Å². The van der Waals surface area contributed by atoms with Gasteiger partial charge in [-0.25, -0.2) is 4.39 Å². The average molecular weight is 213 g/mol. The lowest BCUT2D eigenvalue weighted by atomic mass is 10.3. The van der Waals surface area contributed by atoms with E-state index in [1.54, 1.807) is 12.1 Å². The van der Waals surface area contributed by atoms with Gasteiger partial charge in [0.2, 0.25) is 0 Å². The molecule has 1 nitrogen and oxygen atoms in total. The maximum atomic E-state index is 12.5. The summed E-state index contributed by atoms with van der Waals surface area (Å²) in [6, 6.07) is 6.47. The van der Waals surface area contributed by atoms with Crippen molar-refractivity contribution in [2.45, 2.75) is 13.3 Å². The van der Waals surface area contributed by atoms with E-state index in [0.717, 1.165) is 18.0 Å². The third-order valence-electron chi connectivity index (χ3n) is 1.77. The third-order valence-corrected chi connectivity index (χ3v) is 2.96. The summed E-state index contributed by atoms with van der Waals surface area (Å²) in [6.45, 7) is 3.12. The van der Waals surface area contributed by atoms with Crippen LogP contribution in [0.5, 0.6) is 0 Å². The molecule has 0 fully saturated rings. The van der Waals surface area contributed by atoms with Crippen LogP contribution in [-0.2, 0) is 0 Å². The second kappa shape index (κ2) is 6.71. The molecule has 0 aromatic heterocycles. The molecule has 78 valence electrons. The summed E-state index contributed by atoms with van der Waals surface area (Å²) in [4.78, 5) is 0. The van der Waals surface area contributed by atoms with Gasteiger partial charge in [0, 0.05) is 18.0 Å². The highest BCUT2D eigenvalue weighted by Gasteiger charge is 1.92. The highest BCUT2D eigenvalue weighted by molar-refractivity contribution is 7.99.